The molecule has 1 aromatic rings. The van der Waals surface area contributed by atoms with Crippen LogP contribution in [0, 0.1) is 0 Å². The molecule has 6 nitrogen and oxygen atoms in total. The average molecular weight is 446 g/mol. The molecule has 1 atom stereocenters. The number of hydrogen-bond acceptors (Lipinski definition) is 4. The largest absolute Gasteiger partial charge is 0.474 e. The van der Waals surface area contributed by atoms with E-state index in [1.165, 1.54) is 84.2 Å². The van der Waals surface area contributed by atoms with Gasteiger partial charge in [0.05, 0.1) is 20.3 Å². The first-order chi connectivity index (χ1) is 14.6. The maximum Gasteiger partial charge on any atom is 0.474 e. The molecule has 7 heteroatoms. The molecule has 0 aliphatic carbocycles. The molecule has 0 bridgehead atoms. The Labute approximate surface area is 184 Å². The molecular weight excluding hydrogens is 399 g/mol. The lowest BCUT2D eigenvalue weighted by atomic mass is 10.0. The maximum atomic E-state index is 12.4. The highest BCUT2D eigenvalue weighted by Crippen LogP contribution is 2.48. The summed E-state index contributed by atoms with van der Waals surface area (Å²) in [4.78, 5) is 0. The molecular formula is C23H46N2O4P+. The second-order valence-electron chi connectivity index (χ2n) is 8.21. The standard InChI is InChI=1S/C23H46N2O4P/c1-4-5-6-7-8-9-10-11-12-13-14-15-16-17-21-28-30(26,27-3)29-22-20-25-19-18-24(2)23-25/h18-19,23H,4-17,20-22H2,1-3H3/q+1. The van der Waals surface area contributed by atoms with Crippen molar-refractivity contribution in [3.8, 4) is 0 Å². The number of phosphoric acid groups is 1. The minimum atomic E-state index is -3.44. The average Bonchev–Trinajstić information content (AvgIpc) is 3.16. The van der Waals surface area contributed by atoms with Crippen molar-refractivity contribution in [2.75, 3.05) is 20.3 Å². The molecule has 1 heterocycles. The van der Waals surface area contributed by atoms with Gasteiger partial charge in [-0.2, -0.15) is 0 Å². The SMILES string of the molecule is CCCCCCCCCCCCCCCCOP(=O)(OC)OCCn1cc[n+](C)c1. The highest BCUT2D eigenvalue weighted by Gasteiger charge is 2.24. The molecule has 176 valence electrons. The van der Waals surface area contributed by atoms with Crippen molar-refractivity contribution >= 4 is 7.82 Å². The van der Waals surface area contributed by atoms with Crippen LogP contribution in [0.15, 0.2) is 18.7 Å². The second-order valence-corrected chi connectivity index (χ2v) is 9.99. The van der Waals surface area contributed by atoms with Gasteiger partial charge in [-0.3, -0.25) is 13.6 Å². The smallest absolute Gasteiger partial charge is 0.290 e. The lowest BCUT2D eigenvalue weighted by Gasteiger charge is -2.15. The molecule has 0 saturated carbocycles. The molecule has 0 fully saturated rings. The van der Waals surface area contributed by atoms with E-state index in [4.69, 9.17) is 13.6 Å². The van der Waals surface area contributed by atoms with Gasteiger partial charge in [0.15, 0.2) is 0 Å². The lowest BCUT2D eigenvalue weighted by molar-refractivity contribution is -0.671. The highest BCUT2D eigenvalue weighted by molar-refractivity contribution is 7.48. The van der Waals surface area contributed by atoms with Crippen LogP contribution in [-0.4, -0.2) is 24.9 Å². The molecule has 0 amide bonds. The van der Waals surface area contributed by atoms with Gasteiger partial charge < -0.3 is 0 Å². The summed E-state index contributed by atoms with van der Waals surface area (Å²) in [6.07, 6.45) is 24.2. The van der Waals surface area contributed by atoms with E-state index in [0.717, 1.165) is 12.8 Å². The monoisotopic (exact) mass is 445 g/mol. The lowest BCUT2D eigenvalue weighted by Crippen LogP contribution is -2.24. The van der Waals surface area contributed by atoms with Crippen LogP contribution in [-0.2, 0) is 31.7 Å². The first-order valence-corrected chi connectivity index (χ1v) is 13.5. The van der Waals surface area contributed by atoms with Gasteiger partial charge in [-0.05, 0) is 6.42 Å². The zero-order chi connectivity index (χ0) is 21.9. The minimum absolute atomic E-state index is 0.290. The van der Waals surface area contributed by atoms with E-state index in [-0.39, 0.29) is 0 Å². The quantitative estimate of drug-likeness (QED) is 0.122. The van der Waals surface area contributed by atoms with Crippen LogP contribution in [0.25, 0.3) is 0 Å². The van der Waals surface area contributed by atoms with Crippen LogP contribution in [0.2, 0.25) is 0 Å². The highest BCUT2D eigenvalue weighted by atomic mass is 31.2. The van der Waals surface area contributed by atoms with E-state index in [9.17, 15) is 4.57 Å². The molecule has 0 N–H and O–H groups in total. The van der Waals surface area contributed by atoms with Gasteiger partial charge in [0.25, 0.3) is 0 Å². The molecule has 0 aliphatic rings. The number of aryl methyl sites for hydroxylation is 1. The number of phosphoric ester groups is 1. The predicted molar refractivity (Wildman–Crippen MR) is 122 cm³/mol. The molecule has 1 aromatic heterocycles. The van der Waals surface area contributed by atoms with Crippen molar-refractivity contribution in [3.05, 3.63) is 18.7 Å². The van der Waals surface area contributed by atoms with Crippen molar-refractivity contribution in [3.63, 3.8) is 0 Å². The minimum Gasteiger partial charge on any atom is -0.290 e. The van der Waals surface area contributed by atoms with Crippen molar-refractivity contribution in [2.24, 2.45) is 7.05 Å². The Kier molecular flexibility index (Phi) is 16.4. The Morgan fingerprint density at radius 2 is 1.30 bits per heavy atom. The molecule has 0 aliphatic heterocycles. The second kappa shape index (κ2) is 17.9. The van der Waals surface area contributed by atoms with Crippen molar-refractivity contribution < 1.29 is 22.7 Å². The van der Waals surface area contributed by atoms with Gasteiger partial charge in [-0.1, -0.05) is 90.4 Å². The first kappa shape index (κ1) is 27.4. The normalized spacial score (nSPS) is 13.6. The summed E-state index contributed by atoms with van der Waals surface area (Å²) in [6, 6.07) is 0. The van der Waals surface area contributed by atoms with Gasteiger partial charge in [0.2, 0.25) is 6.33 Å². The van der Waals surface area contributed by atoms with Crippen LogP contribution in [0.1, 0.15) is 96.8 Å². The molecule has 1 unspecified atom stereocenters. The van der Waals surface area contributed by atoms with E-state index in [1.807, 2.05) is 34.9 Å². The number of nitrogens with zero attached hydrogens (tertiary/aromatic N) is 2. The summed E-state index contributed by atoms with van der Waals surface area (Å²) >= 11 is 0. The topological polar surface area (TPSA) is 53.6 Å². The van der Waals surface area contributed by atoms with Gasteiger partial charge in [-0.25, -0.2) is 13.7 Å². The maximum absolute atomic E-state index is 12.4. The van der Waals surface area contributed by atoms with Crippen LogP contribution in [0.4, 0.5) is 0 Å². The summed E-state index contributed by atoms with van der Waals surface area (Å²) in [5.74, 6) is 0. The molecule has 0 spiro atoms. The molecule has 0 radical (unpaired) electrons. The summed E-state index contributed by atoms with van der Waals surface area (Å²) in [5, 5.41) is 0. The Hall–Kier alpha value is -0.680. The summed E-state index contributed by atoms with van der Waals surface area (Å²) < 4.78 is 32.2. The first-order valence-electron chi connectivity index (χ1n) is 12.1. The molecule has 30 heavy (non-hydrogen) atoms. The van der Waals surface area contributed by atoms with E-state index >= 15 is 0 Å². The molecule has 1 rings (SSSR count). The fraction of sp³-hybridized carbons (Fsp3) is 0.870. The van der Waals surface area contributed by atoms with E-state index in [2.05, 4.69) is 6.92 Å². The number of hydrogen-bond donors (Lipinski definition) is 0. The molecule has 0 aromatic carbocycles. The van der Waals surface area contributed by atoms with Gasteiger partial charge in [0, 0.05) is 7.11 Å². The number of rotatable bonds is 21. The number of imidazole rings is 1. The number of aromatic nitrogens is 2. The fourth-order valence-electron chi connectivity index (χ4n) is 3.51. The van der Waals surface area contributed by atoms with Gasteiger partial charge in [0.1, 0.15) is 18.9 Å². The summed E-state index contributed by atoms with van der Waals surface area (Å²) in [6.45, 7) is 3.59. The zero-order valence-electron chi connectivity index (χ0n) is 19.7. The van der Waals surface area contributed by atoms with Crippen molar-refractivity contribution in [2.45, 2.75) is 103 Å². The van der Waals surface area contributed by atoms with E-state index in [1.54, 1.807) is 0 Å². The number of unbranched alkanes of at least 4 members (excludes halogenated alkanes) is 13. The van der Waals surface area contributed by atoms with Gasteiger partial charge in [-0.15, -0.1) is 0 Å². The zero-order valence-corrected chi connectivity index (χ0v) is 20.6. The van der Waals surface area contributed by atoms with E-state index in [0.29, 0.717) is 19.8 Å². The van der Waals surface area contributed by atoms with Crippen LogP contribution >= 0.6 is 7.82 Å². The Morgan fingerprint density at radius 3 is 1.77 bits per heavy atom. The van der Waals surface area contributed by atoms with Crippen LogP contribution in [0.5, 0.6) is 0 Å². The van der Waals surface area contributed by atoms with Gasteiger partial charge >= 0.3 is 7.82 Å². The third-order valence-electron chi connectivity index (χ3n) is 5.39. The Morgan fingerprint density at radius 1 is 0.800 bits per heavy atom. The van der Waals surface area contributed by atoms with Crippen LogP contribution < -0.4 is 4.57 Å². The van der Waals surface area contributed by atoms with Crippen molar-refractivity contribution in [1.82, 2.24) is 4.57 Å². The van der Waals surface area contributed by atoms with E-state index < -0.39 is 7.82 Å². The van der Waals surface area contributed by atoms with Crippen LogP contribution in [0.3, 0.4) is 0 Å². The summed E-state index contributed by atoms with van der Waals surface area (Å²) in [5.41, 5.74) is 0. The Bertz CT molecular complexity index is 565. The third kappa shape index (κ3) is 14.3. The Balaban J connectivity index is 1.91. The fourth-order valence-corrected chi connectivity index (χ4v) is 4.45. The predicted octanol–water partition coefficient (Wildman–Crippen LogP) is 6.58. The third-order valence-corrected chi connectivity index (χ3v) is 6.84. The van der Waals surface area contributed by atoms with Crippen molar-refractivity contribution in [1.29, 1.82) is 0 Å². The molecule has 0 saturated heterocycles. The summed E-state index contributed by atoms with van der Waals surface area (Å²) in [7, 11) is -0.105.